The molecule has 7 nitrogen and oxygen atoms in total. The summed E-state index contributed by atoms with van der Waals surface area (Å²) in [4.78, 5) is 32.5. The molecule has 0 aliphatic rings. The van der Waals surface area contributed by atoms with Crippen LogP contribution in [0, 0.1) is 0 Å². The van der Waals surface area contributed by atoms with Crippen LogP contribution in [0.1, 0.15) is 96.8 Å². The Hall–Kier alpha value is -1.89. The molecule has 0 spiro atoms. The maximum absolute atomic E-state index is 10.9. The summed E-state index contributed by atoms with van der Waals surface area (Å²) in [5.74, 6) is -2.61. The third-order valence-electron chi connectivity index (χ3n) is 5.72. The van der Waals surface area contributed by atoms with Gasteiger partial charge >= 0.3 is 11.9 Å². The normalized spacial score (nSPS) is 11.8. The summed E-state index contributed by atoms with van der Waals surface area (Å²) in [5.41, 5.74) is 0. The lowest BCUT2D eigenvalue weighted by Crippen LogP contribution is -2.50. The largest absolute Gasteiger partial charge is 0.550 e. The maximum atomic E-state index is 10.9. The molecule has 0 unspecified atom stereocenters. The molecular weight excluding hydrogens is 398 g/mol. The summed E-state index contributed by atoms with van der Waals surface area (Å²) in [6.07, 6.45) is 14.6. The van der Waals surface area contributed by atoms with Crippen LogP contribution in [-0.4, -0.2) is 58.8 Å². The Morgan fingerprint density at radius 1 is 0.677 bits per heavy atom. The Kier molecular flexibility index (Phi) is 17.7. The number of allylic oxidation sites excluding steroid dienone is 1. The molecule has 0 heterocycles. The van der Waals surface area contributed by atoms with Crippen LogP contribution in [0.2, 0.25) is 0 Å². The second kappa shape index (κ2) is 18.8. The molecule has 0 fully saturated rings. The minimum atomic E-state index is -1.03. The van der Waals surface area contributed by atoms with Gasteiger partial charge in [-0.3, -0.25) is 9.59 Å². The van der Waals surface area contributed by atoms with Gasteiger partial charge in [0, 0.05) is 25.2 Å². The molecule has 0 aliphatic carbocycles. The fraction of sp³-hybridized carbons (Fsp3) is 0.792. The van der Waals surface area contributed by atoms with Crippen molar-refractivity contribution in [2.75, 3.05) is 26.2 Å². The van der Waals surface area contributed by atoms with Crippen LogP contribution in [0.15, 0.2) is 12.2 Å². The lowest BCUT2D eigenvalue weighted by atomic mass is 10.1. The smallest absolute Gasteiger partial charge is 0.303 e. The van der Waals surface area contributed by atoms with E-state index < -0.39 is 17.9 Å². The predicted molar refractivity (Wildman–Crippen MR) is 119 cm³/mol. The van der Waals surface area contributed by atoms with Crippen LogP contribution in [0.25, 0.3) is 0 Å². The summed E-state index contributed by atoms with van der Waals surface area (Å²) >= 11 is 0. The van der Waals surface area contributed by atoms with E-state index in [9.17, 15) is 19.5 Å². The van der Waals surface area contributed by atoms with Crippen molar-refractivity contribution in [1.82, 2.24) is 0 Å². The van der Waals surface area contributed by atoms with Crippen LogP contribution >= 0.6 is 0 Å². The standard InChI is InChI=1S/C24H43NO6/c1-2-3-4-5-6-7-11-18-25(19-12-8-15-22(26)27,20-13-9-16-23(28)29)21-14-10-17-24(30)31/h6-7H,2-5,8-21H2,1H3,(H2-,26,27,28,29,30,31)/b7-6+. The molecule has 0 bridgehead atoms. The first-order chi connectivity index (χ1) is 14.8. The van der Waals surface area contributed by atoms with Gasteiger partial charge in [-0.1, -0.05) is 31.9 Å². The lowest BCUT2D eigenvalue weighted by Gasteiger charge is -2.39. The van der Waals surface area contributed by atoms with E-state index in [2.05, 4.69) is 19.1 Å². The number of rotatable bonds is 22. The molecular formula is C24H43NO6. The van der Waals surface area contributed by atoms with Crippen LogP contribution in [0.5, 0.6) is 0 Å². The number of quaternary nitrogens is 1. The zero-order valence-corrected chi connectivity index (χ0v) is 19.4. The highest BCUT2D eigenvalue weighted by molar-refractivity contribution is 5.66. The molecule has 0 aromatic rings. The van der Waals surface area contributed by atoms with Gasteiger partial charge in [-0.2, -0.15) is 0 Å². The molecule has 7 heteroatoms. The van der Waals surface area contributed by atoms with Crippen LogP contribution < -0.4 is 5.11 Å². The summed E-state index contributed by atoms with van der Waals surface area (Å²) in [6.45, 7) is 5.61. The van der Waals surface area contributed by atoms with Crippen molar-refractivity contribution in [2.45, 2.75) is 96.8 Å². The predicted octanol–water partition coefficient (Wildman–Crippen LogP) is 3.76. The molecule has 2 N–H and O–H groups in total. The number of nitrogens with zero attached hydrogens (tertiary/aromatic N) is 1. The third kappa shape index (κ3) is 18.6. The zero-order chi connectivity index (χ0) is 23.4. The quantitative estimate of drug-likeness (QED) is 0.150. The topological polar surface area (TPSA) is 115 Å². The zero-order valence-electron chi connectivity index (χ0n) is 19.4. The van der Waals surface area contributed by atoms with Crippen LogP contribution in [0.3, 0.4) is 0 Å². The van der Waals surface area contributed by atoms with E-state index in [1.165, 1.54) is 19.3 Å². The first-order valence-electron chi connectivity index (χ1n) is 11.9. The van der Waals surface area contributed by atoms with Crippen LogP contribution in [0.4, 0.5) is 0 Å². The summed E-state index contributed by atoms with van der Waals surface area (Å²) in [6, 6.07) is 0. The van der Waals surface area contributed by atoms with E-state index >= 15 is 0 Å². The molecule has 0 rings (SSSR count). The summed E-state index contributed by atoms with van der Waals surface area (Å²) in [7, 11) is 0. The first kappa shape index (κ1) is 29.1. The van der Waals surface area contributed by atoms with Gasteiger partial charge < -0.3 is 24.6 Å². The number of hydrogen-bond acceptors (Lipinski definition) is 4. The van der Waals surface area contributed by atoms with Gasteiger partial charge in [0.15, 0.2) is 0 Å². The SMILES string of the molecule is CCCCC/C=C/CC[N+](CCCCC(=O)[O-])(CCCCC(=O)O)CCCCC(=O)O. The van der Waals surface area contributed by atoms with Gasteiger partial charge in [0.25, 0.3) is 0 Å². The van der Waals surface area contributed by atoms with Gasteiger partial charge in [0.05, 0.1) is 26.2 Å². The van der Waals surface area contributed by atoms with Crippen molar-refractivity contribution in [3.8, 4) is 0 Å². The molecule has 0 aliphatic heterocycles. The summed E-state index contributed by atoms with van der Waals surface area (Å²) < 4.78 is 0.797. The van der Waals surface area contributed by atoms with E-state index in [4.69, 9.17) is 10.2 Å². The lowest BCUT2D eigenvalue weighted by molar-refractivity contribution is -0.928. The Morgan fingerprint density at radius 3 is 1.61 bits per heavy atom. The van der Waals surface area contributed by atoms with Gasteiger partial charge in [0.1, 0.15) is 0 Å². The number of carboxylic acid groups (broad SMARTS) is 3. The minimum Gasteiger partial charge on any atom is -0.550 e. The van der Waals surface area contributed by atoms with Crippen molar-refractivity contribution < 1.29 is 34.2 Å². The molecule has 0 saturated carbocycles. The Bertz CT molecular complexity index is 477. The molecule has 0 aromatic heterocycles. The Balaban J connectivity index is 4.96. The van der Waals surface area contributed by atoms with E-state index in [0.29, 0.717) is 19.3 Å². The third-order valence-corrected chi connectivity index (χ3v) is 5.72. The number of carbonyl (C=O) groups is 3. The average Bonchev–Trinajstić information content (AvgIpc) is 2.70. The number of carbonyl (C=O) groups excluding carboxylic acids is 1. The van der Waals surface area contributed by atoms with Crippen molar-refractivity contribution in [3.63, 3.8) is 0 Å². The van der Waals surface area contributed by atoms with E-state index in [0.717, 1.165) is 62.8 Å². The average molecular weight is 442 g/mol. The monoisotopic (exact) mass is 441 g/mol. The van der Waals surface area contributed by atoms with E-state index in [1.807, 2.05) is 0 Å². The van der Waals surface area contributed by atoms with Crippen molar-refractivity contribution >= 4 is 17.9 Å². The number of carboxylic acids is 3. The van der Waals surface area contributed by atoms with E-state index in [1.54, 1.807) is 0 Å². The second-order valence-electron chi connectivity index (χ2n) is 8.52. The fourth-order valence-electron chi connectivity index (χ4n) is 3.93. The maximum Gasteiger partial charge on any atom is 0.303 e. The fourth-order valence-corrected chi connectivity index (χ4v) is 3.93. The number of aliphatic carboxylic acids is 3. The molecule has 31 heavy (non-hydrogen) atoms. The van der Waals surface area contributed by atoms with Gasteiger partial charge in [-0.05, 0) is 57.8 Å². The molecule has 0 amide bonds. The van der Waals surface area contributed by atoms with Crippen LogP contribution in [-0.2, 0) is 14.4 Å². The van der Waals surface area contributed by atoms with Gasteiger partial charge in [-0.15, -0.1) is 0 Å². The summed E-state index contributed by atoms with van der Waals surface area (Å²) in [5, 5.41) is 28.6. The molecule has 0 saturated heterocycles. The second-order valence-corrected chi connectivity index (χ2v) is 8.52. The van der Waals surface area contributed by atoms with Gasteiger partial charge in [0.2, 0.25) is 0 Å². The first-order valence-corrected chi connectivity index (χ1v) is 11.9. The number of hydrogen-bond donors (Lipinski definition) is 2. The molecule has 180 valence electrons. The molecule has 0 atom stereocenters. The molecule has 0 aromatic carbocycles. The van der Waals surface area contributed by atoms with Crippen molar-refractivity contribution in [3.05, 3.63) is 12.2 Å². The number of unbranched alkanes of at least 4 members (excludes halogenated alkanes) is 6. The van der Waals surface area contributed by atoms with E-state index in [-0.39, 0.29) is 19.3 Å². The van der Waals surface area contributed by atoms with Crippen molar-refractivity contribution in [2.24, 2.45) is 0 Å². The Labute approximate surface area is 187 Å². The highest BCUT2D eigenvalue weighted by atomic mass is 16.4. The highest BCUT2D eigenvalue weighted by Gasteiger charge is 2.25. The molecule has 0 radical (unpaired) electrons. The van der Waals surface area contributed by atoms with Gasteiger partial charge in [-0.25, -0.2) is 0 Å². The Morgan fingerprint density at radius 2 is 1.16 bits per heavy atom. The minimum absolute atomic E-state index is 0.0510. The van der Waals surface area contributed by atoms with Crippen molar-refractivity contribution in [1.29, 1.82) is 0 Å². The highest BCUT2D eigenvalue weighted by Crippen LogP contribution is 2.18.